The van der Waals surface area contributed by atoms with Crippen LogP contribution >= 0.6 is 11.3 Å². The molecule has 0 saturated carbocycles. The number of carbonyl (C=O) groups excluding carboxylic acids is 1. The third-order valence-electron chi connectivity index (χ3n) is 4.40. The lowest BCUT2D eigenvalue weighted by molar-refractivity contribution is -0.117. The lowest BCUT2D eigenvalue weighted by Gasteiger charge is -2.14. The Morgan fingerprint density at radius 1 is 1.27 bits per heavy atom. The number of thiazole rings is 1. The highest BCUT2D eigenvalue weighted by molar-refractivity contribution is 7.89. The van der Waals surface area contributed by atoms with E-state index < -0.39 is 22.3 Å². The zero-order chi connectivity index (χ0) is 21.8. The SMILES string of the molecule is Cc1nc(N(C)C(=O)Cc2ccc(-c3cc(F)ccc3F)cc2)sc1/S(C)=N\C#N. The predicted molar refractivity (Wildman–Crippen MR) is 115 cm³/mol. The maximum Gasteiger partial charge on any atom is 0.232 e. The van der Waals surface area contributed by atoms with E-state index in [0.29, 0.717) is 10.7 Å². The second-order valence-electron chi connectivity index (χ2n) is 6.49. The van der Waals surface area contributed by atoms with Crippen molar-refractivity contribution in [2.24, 2.45) is 4.36 Å². The fourth-order valence-electron chi connectivity index (χ4n) is 2.81. The van der Waals surface area contributed by atoms with Gasteiger partial charge in [-0.05, 0) is 53.2 Å². The number of hydrogen-bond donors (Lipinski definition) is 0. The Bertz CT molecular complexity index is 1170. The van der Waals surface area contributed by atoms with Crippen LogP contribution in [0.1, 0.15) is 11.3 Å². The number of amides is 1. The van der Waals surface area contributed by atoms with Gasteiger partial charge in [-0.1, -0.05) is 35.6 Å². The summed E-state index contributed by atoms with van der Waals surface area (Å²) < 4.78 is 32.1. The molecule has 3 aromatic rings. The average molecular weight is 445 g/mol. The first-order valence-corrected chi connectivity index (χ1v) is 11.2. The number of benzene rings is 2. The fourth-order valence-corrected chi connectivity index (χ4v) is 5.09. The van der Waals surface area contributed by atoms with Gasteiger partial charge in [-0.25, -0.2) is 13.8 Å². The molecule has 2 aromatic carbocycles. The van der Waals surface area contributed by atoms with Crippen molar-refractivity contribution < 1.29 is 13.6 Å². The Labute approximate surface area is 179 Å². The van der Waals surface area contributed by atoms with Gasteiger partial charge >= 0.3 is 0 Å². The van der Waals surface area contributed by atoms with Crippen molar-refractivity contribution in [3.8, 4) is 17.3 Å². The summed E-state index contributed by atoms with van der Waals surface area (Å²) in [5.74, 6) is -1.18. The summed E-state index contributed by atoms with van der Waals surface area (Å²) in [6.45, 7) is 1.83. The molecule has 1 amide bonds. The average Bonchev–Trinajstić information content (AvgIpc) is 3.11. The van der Waals surface area contributed by atoms with Crippen LogP contribution in [0.15, 0.2) is 51.0 Å². The van der Waals surface area contributed by atoms with E-state index in [2.05, 4.69) is 9.35 Å². The molecule has 0 aliphatic carbocycles. The maximum atomic E-state index is 13.9. The Hall–Kier alpha value is -2.96. The molecule has 5 nitrogen and oxygen atoms in total. The molecule has 1 atom stereocenters. The standard InChI is InChI=1S/C21H18F2N4OS2/c1-13-20(30(3)25-12-24)29-21(26-13)27(2)19(28)10-14-4-6-15(7-5-14)17-11-16(22)8-9-18(17)23/h4-9,11H,10H2,1-3H3. The third kappa shape index (κ3) is 4.78. The van der Waals surface area contributed by atoms with E-state index in [-0.39, 0.29) is 17.9 Å². The molecule has 0 N–H and O–H groups in total. The van der Waals surface area contributed by atoms with Crippen molar-refractivity contribution >= 4 is 33.1 Å². The van der Waals surface area contributed by atoms with Gasteiger partial charge in [-0.2, -0.15) is 5.26 Å². The van der Waals surface area contributed by atoms with E-state index in [1.165, 1.54) is 16.2 Å². The molecule has 0 spiro atoms. The molecule has 0 fully saturated rings. The van der Waals surface area contributed by atoms with Crippen LogP contribution in [0.5, 0.6) is 0 Å². The molecule has 0 saturated heterocycles. The number of anilines is 1. The number of carbonyl (C=O) groups is 1. The first-order valence-electron chi connectivity index (χ1n) is 8.84. The lowest BCUT2D eigenvalue weighted by atomic mass is 10.0. The predicted octanol–water partition coefficient (Wildman–Crippen LogP) is 4.87. The number of nitrogens with zero attached hydrogens (tertiary/aromatic N) is 4. The van der Waals surface area contributed by atoms with Crippen molar-refractivity contribution in [2.45, 2.75) is 17.6 Å². The van der Waals surface area contributed by atoms with E-state index >= 15 is 0 Å². The maximum absolute atomic E-state index is 13.9. The molecule has 0 aliphatic heterocycles. The lowest BCUT2D eigenvalue weighted by Crippen LogP contribution is -2.27. The van der Waals surface area contributed by atoms with Gasteiger partial charge in [-0.15, -0.1) is 4.36 Å². The van der Waals surface area contributed by atoms with Crippen molar-refractivity contribution in [1.82, 2.24) is 4.98 Å². The quantitative estimate of drug-likeness (QED) is 0.527. The molecule has 0 aliphatic rings. The highest BCUT2D eigenvalue weighted by Crippen LogP contribution is 2.29. The summed E-state index contributed by atoms with van der Waals surface area (Å²) >= 11 is 1.34. The van der Waals surface area contributed by atoms with Gasteiger partial charge in [0.1, 0.15) is 11.6 Å². The summed E-state index contributed by atoms with van der Waals surface area (Å²) in [5, 5.41) is 9.29. The van der Waals surface area contributed by atoms with E-state index in [9.17, 15) is 13.6 Å². The van der Waals surface area contributed by atoms with Gasteiger partial charge in [-0.3, -0.25) is 9.69 Å². The number of likely N-dealkylation sites (N-methyl/N-ethyl adjacent to an activating group) is 1. The minimum Gasteiger partial charge on any atom is -0.291 e. The van der Waals surface area contributed by atoms with E-state index in [0.717, 1.165) is 33.7 Å². The summed E-state index contributed by atoms with van der Waals surface area (Å²) in [7, 11) is 1.06. The van der Waals surface area contributed by atoms with Crippen molar-refractivity contribution in [3.63, 3.8) is 0 Å². The smallest absolute Gasteiger partial charge is 0.232 e. The van der Waals surface area contributed by atoms with E-state index in [1.54, 1.807) is 37.5 Å². The molecule has 1 heterocycles. The van der Waals surface area contributed by atoms with Crippen LogP contribution in [0, 0.1) is 30.0 Å². The number of halogens is 2. The zero-order valence-corrected chi connectivity index (χ0v) is 18.2. The van der Waals surface area contributed by atoms with Crippen molar-refractivity contribution in [2.75, 3.05) is 18.2 Å². The molecular weight excluding hydrogens is 426 g/mol. The van der Waals surface area contributed by atoms with Crippen molar-refractivity contribution in [1.29, 1.82) is 5.26 Å². The largest absolute Gasteiger partial charge is 0.291 e. The monoisotopic (exact) mass is 444 g/mol. The molecule has 30 heavy (non-hydrogen) atoms. The zero-order valence-electron chi connectivity index (χ0n) is 16.5. The minimum absolute atomic E-state index is 0.136. The Morgan fingerprint density at radius 2 is 1.97 bits per heavy atom. The molecule has 9 heteroatoms. The molecule has 3 rings (SSSR count). The minimum atomic E-state index is -0.592. The number of hydrogen-bond acceptors (Lipinski definition) is 5. The van der Waals surface area contributed by atoms with E-state index in [4.69, 9.17) is 5.26 Å². The fraction of sp³-hybridized carbons (Fsp3) is 0.190. The normalized spacial score (nSPS) is 11.9. The second kappa shape index (κ2) is 9.24. The van der Waals surface area contributed by atoms with Gasteiger partial charge in [0.2, 0.25) is 12.1 Å². The van der Waals surface area contributed by atoms with Crippen LogP contribution in [0.3, 0.4) is 0 Å². The topological polar surface area (TPSA) is 69.3 Å². The van der Waals surface area contributed by atoms with Crippen LogP contribution in [0.25, 0.3) is 11.1 Å². The first-order chi connectivity index (χ1) is 14.3. The van der Waals surface area contributed by atoms with Crippen molar-refractivity contribution in [3.05, 3.63) is 65.4 Å². The molecular formula is C21H18F2N4OS2. The van der Waals surface area contributed by atoms with Crippen LogP contribution in [0.4, 0.5) is 13.9 Å². The summed E-state index contributed by atoms with van der Waals surface area (Å²) in [6.07, 6.45) is 3.77. The molecule has 154 valence electrons. The van der Waals surface area contributed by atoms with E-state index in [1.807, 2.05) is 13.2 Å². The first kappa shape index (κ1) is 21.7. The summed E-state index contributed by atoms with van der Waals surface area (Å²) in [5.41, 5.74) is 2.21. The molecule has 0 radical (unpaired) electrons. The Balaban J connectivity index is 1.75. The molecule has 1 unspecified atom stereocenters. The van der Waals surface area contributed by atoms with Gasteiger partial charge < -0.3 is 0 Å². The second-order valence-corrected chi connectivity index (χ2v) is 9.27. The Morgan fingerprint density at radius 3 is 2.63 bits per heavy atom. The Kier molecular flexibility index (Phi) is 6.70. The third-order valence-corrected chi connectivity index (χ3v) is 7.59. The highest BCUT2D eigenvalue weighted by Gasteiger charge is 2.18. The number of aromatic nitrogens is 1. The molecule has 0 bridgehead atoms. The van der Waals surface area contributed by atoms with Crippen LogP contribution in [0.2, 0.25) is 0 Å². The number of aryl methyl sites for hydroxylation is 1. The summed E-state index contributed by atoms with van der Waals surface area (Å²) in [4.78, 5) is 18.6. The van der Waals surface area contributed by atoms with Gasteiger partial charge in [0.05, 0.1) is 16.3 Å². The number of rotatable bonds is 5. The number of nitriles is 1. The van der Waals surface area contributed by atoms with Gasteiger partial charge in [0.25, 0.3) is 0 Å². The highest BCUT2D eigenvalue weighted by atomic mass is 32.2. The summed E-state index contributed by atoms with van der Waals surface area (Å²) in [6, 6.07) is 10.1. The van der Waals surface area contributed by atoms with Crippen LogP contribution in [-0.2, 0) is 21.9 Å². The van der Waals surface area contributed by atoms with Crippen LogP contribution in [-0.4, -0.2) is 24.2 Å². The van der Waals surface area contributed by atoms with Gasteiger partial charge in [0, 0.05) is 12.6 Å². The van der Waals surface area contributed by atoms with Crippen LogP contribution < -0.4 is 4.90 Å². The van der Waals surface area contributed by atoms with Gasteiger partial charge in [0.15, 0.2) is 5.13 Å². The molecule has 1 aromatic heterocycles.